The third-order valence-corrected chi connectivity index (χ3v) is 1.39. The van der Waals surface area contributed by atoms with Crippen molar-refractivity contribution in [1.82, 2.24) is 0 Å². The number of non-ortho nitro benzene ring substituents is 1. The van der Waals surface area contributed by atoms with Gasteiger partial charge in [0.2, 0.25) is 0 Å². The van der Waals surface area contributed by atoms with Crippen LogP contribution < -0.4 is 0 Å². The van der Waals surface area contributed by atoms with Crippen molar-refractivity contribution in [3.05, 3.63) is 46.4 Å². The van der Waals surface area contributed by atoms with Gasteiger partial charge in [-0.25, -0.2) is 0 Å². The van der Waals surface area contributed by atoms with E-state index in [4.69, 9.17) is 5.11 Å². The number of nitrogens with zero attached hydrogens (tertiary/aromatic N) is 1. The molecule has 0 heterocycles. The summed E-state index contributed by atoms with van der Waals surface area (Å²) in [6.07, 6.45) is 0.976. The molecule has 0 aliphatic heterocycles. The molecule has 67 valence electrons. The Morgan fingerprint density at radius 1 is 1.38 bits per heavy atom. The van der Waals surface area contributed by atoms with Crippen molar-refractivity contribution in [2.45, 2.75) is 0 Å². The van der Waals surface area contributed by atoms with Crippen molar-refractivity contribution in [3.8, 4) is 0 Å². The average Bonchev–Trinajstić information content (AvgIpc) is 2.04. The van der Waals surface area contributed by atoms with Crippen molar-refractivity contribution in [2.75, 3.05) is 0 Å². The Balaban J connectivity index is 2.81. The van der Waals surface area contributed by atoms with E-state index in [9.17, 15) is 14.9 Å². The summed E-state index contributed by atoms with van der Waals surface area (Å²) in [6.45, 7) is 0. The smallest absolute Gasteiger partial charge is 0.312 e. The number of carboxylic acids is 1. The molecule has 0 saturated heterocycles. The monoisotopic (exact) mass is 180 g/mol. The number of nitro groups is 1. The highest BCUT2D eigenvalue weighted by Gasteiger charge is 2.05. The van der Waals surface area contributed by atoms with Gasteiger partial charge in [0.25, 0.3) is 5.69 Å². The molecule has 1 N–H and O–H groups in total. The second-order valence-electron chi connectivity index (χ2n) is 2.33. The molecule has 0 spiro atoms. The van der Waals surface area contributed by atoms with Crippen LogP contribution in [0.2, 0.25) is 0 Å². The van der Waals surface area contributed by atoms with Gasteiger partial charge >= 0.3 is 5.97 Å². The fourth-order valence-electron chi connectivity index (χ4n) is 0.835. The molecule has 0 aliphatic carbocycles. The van der Waals surface area contributed by atoms with Gasteiger partial charge in [0.15, 0.2) is 0 Å². The molecule has 1 rings (SSSR count). The molecule has 5 nitrogen and oxygen atoms in total. The lowest BCUT2D eigenvalue weighted by Gasteiger charge is -1.94. The molecule has 0 fully saturated rings. The van der Waals surface area contributed by atoms with Crippen LogP contribution in [0.15, 0.2) is 24.3 Å². The van der Waals surface area contributed by atoms with Gasteiger partial charge in [-0.05, 0) is 5.56 Å². The van der Waals surface area contributed by atoms with Gasteiger partial charge in [0.05, 0.1) is 11.3 Å². The maximum atomic E-state index is 10.2. The molecule has 1 radical (unpaired) electrons. The molecule has 0 atom stereocenters. The van der Waals surface area contributed by atoms with Crippen LogP contribution >= 0.6 is 0 Å². The molecular weight excluding hydrogens is 174 g/mol. The molecule has 5 heteroatoms. The molecule has 13 heavy (non-hydrogen) atoms. The normalized spacial score (nSPS) is 9.54. The van der Waals surface area contributed by atoms with E-state index in [2.05, 4.69) is 0 Å². The summed E-state index contributed by atoms with van der Waals surface area (Å²) in [4.78, 5) is 19.9. The Kier molecular flexibility index (Phi) is 2.59. The fraction of sp³-hybridized carbons (Fsp3) is 0. The topological polar surface area (TPSA) is 80.4 Å². The van der Waals surface area contributed by atoms with Crippen molar-refractivity contribution in [3.63, 3.8) is 0 Å². The SMILES string of the molecule is O=C(O)[CH]c1ccc([N+](=O)[O-])cc1. The van der Waals surface area contributed by atoms with Crippen LogP contribution in [0.3, 0.4) is 0 Å². The van der Waals surface area contributed by atoms with Gasteiger partial charge in [0, 0.05) is 12.1 Å². The van der Waals surface area contributed by atoms with Crippen molar-refractivity contribution < 1.29 is 14.8 Å². The van der Waals surface area contributed by atoms with E-state index in [1.54, 1.807) is 0 Å². The summed E-state index contributed by atoms with van der Waals surface area (Å²) >= 11 is 0. The largest absolute Gasteiger partial charge is 0.481 e. The van der Waals surface area contributed by atoms with Crippen LogP contribution in [-0.2, 0) is 4.79 Å². The number of aliphatic carboxylic acids is 1. The Morgan fingerprint density at radius 2 is 1.92 bits per heavy atom. The number of rotatable bonds is 3. The van der Waals surface area contributed by atoms with Crippen molar-refractivity contribution in [1.29, 1.82) is 0 Å². The number of benzene rings is 1. The van der Waals surface area contributed by atoms with Crippen LogP contribution in [0.5, 0.6) is 0 Å². The van der Waals surface area contributed by atoms with Crippen LogP contribution in [0, 0.1) is 16.5 Å². The van der Waals surface area contributed by atoms with E-state index in [0.29, 0.717) is 5.56 Å². The third kappa shape index (κ3) is 2.55. The maximum absolute atomic E-state index is 10.2. The molecule has 0 amide bonds. The minimum Gasteiger partial charge on any atom is -0.481 e. The average molecular weight is 180 g/mol. The van der Waals surface area contributed by atoms with E-state index in [0.717, 1.165) is 6.42 Å². The lowest BCUT2D eigenvalue weighted by molar-refractivity contribution is -0.384. The first-order chi connectivity index (χ1) is 6.09. The van der Waals surface area contributed by atoms with Gasteiger partial charge in [-0.3, -0.25) is 14.9 Å². The van der Waals surface area contributed by atoms with Gasteiger partial charge in [-0.1, -0.05) is 12.1 Å². The highest BCUT2D eigenvalue weighted by atomic mass is 16.6. The first-order valence-corrected chi connectivity index (χ1v) is 3.42. The fourth-order valence-corrected chi connectivity index (χ4v) is 0.835. The zero-order valence-electron chi connectivity index (χ0n) is 6.51. The lowest BCUT2D eigenvalue weighted by atomic mass is 10.1. The number of nitro benzene ring substituents is 1. The van der Waals surface area contributed by atoms with E-state index in [1.807, 2.05) is 0 Å². The first-order valence-electron chi connectivity index (χ1n) is 3.42. The Hall–Kier alpha value is -1.91. The molecular formula is C8H6NO4. The minimum absolute atomic E-state index is 0.0532. The van der Waals surface area contributed by atoms with Crippen molar-refractivity contribution in [2.24, 2.45) is 0 Å². The molecule has 0 aliphatic rings. The highest BCUT2D eigenvalue weighted by molar-refractivity contribution is 5.81. The van der Waals surface area contributed by atoms with E-state index in [1.165, 1.54) is 24.3 Å². The minimum atomic E-state index is -1.08. The Bertz CT molecular complexity index is 331. The second kappa shape index (κ2) is 3.66. The number of hydrogen-bond donors (Lipinski definition) is 1. The van der Waals surface area contributed by atoms with Gasteiger partial charge < -0.3 is 5.11 Å². The molecule has 0 unspecified atom stereocenters. The van der Waals surface area contributed by atoms with Crippen molar-refractivity contribution >= 4 is 11.7 Å². The second-order valence-corrected chi connectivity index (χ2v) is 2.33. The first kappa shape index (κ1) is 9.18. The van der Waals surface area contributed by atoms with E-state index < -0.39 is 10.9 Å². The standard InChI is InChI=1S/C8H6NO4/c10-8(11)5-6-1-3-7(4-2-6)9(12)13/h1-5H,(H,10,11). The van der Waals surface area contributed by atoms with Crippen LogP contribution in [0.1, 0.15) is 5.56 Å². The quantitative estimate of drug-likeness (QED) is 0.560. The Labute approximate surface area is 73.8 Å². The van der Waals surface area contributed by atoms with Gasteiger partial charge in [0.1, 0.15) is 0 Å². The number of carbonyl (C=O) groups is 1. The predicted molar refractivity (Wildman–Crippen MR) is 44.1 cm³/mol. The van der Waals surface area contributed by atoms with Crippen LogP contribution in [0.25, 0.3) is 0 Å². The van der Waals surface area contributed by atoms with Gasteiger partial charge in [-0.2, -0.15) is 0 Å². The summed E-state index contributed by atoms with van der Waals surface area (Å²) in [5.74, 6) is -1.08. The summed E-state index contributed by atoms with van der Waals surface area (Å²) < 4.78 is 0. The molecule has 1 aromatic rings. The zero-order chi connectivity index (χ0) is 9.84. The summed E-state index contributed by atoms with van der Waals surface area (Å²) in [6, 6.07) is 5.28. The molecule has 0 saturated carbocycles. The number of carboxylic acid groups (broad SMARTS) is 1. The highest BCUT2D eigenvalue weighted by Crippen LogP contribution is 2.12. The summed E-state index contributed by atoms with van der Waals surface area (Å²) in [5, 5.41) is 18.6. The third-order valence-electron chi connectivity index (χ3n) is 1.39. The molecule has 1 aromatic carbocycles. The lowest BCUT2D eigenvalue weighted by Crippen LogP contribution is -1.96. The maximum Gasteiger partial charge on any atom is 0.312 e. The zero-order valence-corrected chi connectivity index (χ0v) is 6.51. The predicted octanol–water partition coefficient (Wildman–Crippen LogP) is 1.23. The van der Waals surface area contributed by atoms with E-state index >= 15 is 0 Å². The van der Waals surface area contributed by atoms with Crippen LogP contribution in [-0.4, -0.2) is 16.0 Å². The van der Waals surface area contributed by atoms with E-state index in [-0.39, 0.29) is 5.69 Å². The summed E-state index contributed by atoms with van der Waals surface area (Å²) in [7, 11) is 0. The molecule has 0 bridgehead atoms. The number of hydrogen-bond acceptors (Lipinski definition) is 3. The van der Waals surface area contributed by atoms with Crippen LogP contribution in [0.4, 0.5) is 5.69 Å². The van der Waals surface area contributed by atoms with Gasteiger partial charge in [-0.15, -0.1) is 0 Å². The Morgan fingerprint density at radius 3 is 2.31 bits per heavy atom. The molecule has 0 aromatic heterocycles. The summed E-state index contributed by atoms with van der Waals surface area (Å²) in [5.41, 5.74) is 0.376.